The van der Waals surface area contributed by atoms with Gasteiger partial charge in [-0.2, -0.15) is 10.5 Å². The molecule has 2 aromatic carbocycles. The van der Waals surface area contributed by atoms with Crippen LogP contribution in [0.5, 0.6) is 5.75 Å². The molecule has 2 rings (SSSR count). The van der Waals surface area contributed by atoms with Gasteiger partial charge in [-0.25, -0.2) is 0 Å². The Hall–Kier alpha value is -3.64. The zero-order valence-electron chi connectivity index (χ0n) is 12.0. The average molecular weight is 305 g/mol. The molecule has 0 aliphatic heterocycles. The Labute approximate surface area is 132 Å². The van der Waals surface area contributed by atoms with Gasteiger partial charge in [-0.1, -0.05) is 36.4 Å². The molecule has 0 amide bonds. The smallest absolute Gasteiger partial charge is 0.311 e. The molecule has 0 aliphatic carbocycles. The third kappa shape index (κ3) is 4.16. The van der Waals surface area contributed by atoms with Crippen molar-refractivity contribution in [3.63, 3.8) is 0 Å². The Morgan fingerprint density at radius 2 is 1.87 bits per heavy atom. The quantitative estimate of drug-likeness (QED) is 0.477. The molecule has 0 radical (unpaired) electrons. The lowest BCUT2D eigenvalue weighted by atomic mass is 10.1. The van der Waals surface area contributed by atoms with Crippen LogP contribution in [0.1, 0.15) is 11.1 Å². The highest BCUT2D eigenvalue weighted by Crippen LogP contribution is 2.29. The van der Waals surface area contributed by atoms with Crippen LogP contribution in [-0.2, 0) is 6.61 Å². The molecule has 0 spiro atoms. The van der Waals surface area contributed by atoms with E-state index in [0.717, 1.165) is 5.56 Å². The van der Waals surface area contributed by atoms with Gasteiger partial charge in [-0.05, 0) is 23.3 Å². The summed E-state index contributed by atoms with van der Waals surface area (Å²) in [6.07, 6.45) is 1.29. The van der Waals surface area contributed by atoms with Crippen LogP contribution in [-0.4, -0.2) is 4.92 Å². The van der Waals surface area contributed by atoms with E-state index in [1.165, 1.54) is 18.2 Å². The zero-order valence-corrected chi connectivity index (χ0v) is 12.0. The van der Waals surface area contributed by atoms with Gasteiger partial charge in [-0.3, -0.25) is 10.1 Å². The van der Waals surface area contributed by atoms with Crippen LogP contribution in [0, 0.1) is 32.8 Å². The second-order valence-electron chi connectivity index (χ2n) is 4.54. The van der Waals surface area contributed by atoms with Crippen LogP contribution in [0.15, 0.2) is 54.1 Å². The summed E-state index contributed by atoms with van der Waals surface area (Å²) in [4.78, 5) is 10.6. The van der Waals surface area contributed by atoms with Gasteiger partial charge in [0.1, 0.15) is 24.3 Å². The summed E-state index contributed by atoms with van der Waals surface area (Å²) in [5, 5.41) is 28.6. The standard InChI is InChI=1S/C17H11N3O3/c18-10-15(11-19)8-14-6-7-17(16(9-14)20(21)22)23-12-13-4-2-1-3-5-13/h1-9H,12H2. The predicted octanol–water partition coefficient (Wildman–Crippen LogP) is 3.60. The molecule has 6 heteroatoms. The first-order chi connectivity index (χ1) is 11.1. The van der Waals surface area contributed by atoms with Gasteiger partial charge in [0.2, 0.25) is 0 Å². The molecule has 0 heterocycles. The lowest BCUT2D eigenvalue weighted by Crippen LogP contribution is -1.99. The summed E-state index contributed by atoms with van der Waals surface area (Å²) in [7, 11) is 0. The van der Waals surface area contributed by atoms with E-state index in [0.29, 0.717) is 5.56 Å². The van der Waals surface area contributed by atoms with E-state index >= 15 is 0 Å². The SMILES string of the molecule is N#CC(C#N)=Cc1ccc(OCc2ccccc2)c([N+](=O)[O-])c1. The van der Waals surface area contributed by atoms with E-state index in [4.69, 9.17) is 15.3 Å². The third-order valence-electron chi connectivity index (χ3n) is 2.97. The fraction of sp³-hybridized carbons (Fsp3) is 0.0588. The van der Waals surface area contributed by atoms with Gasteiger partial charge >= 0.3 is 5.69 Å². The van der Waals surface area contributed by atoms with Gasteiger partial charge < -0.3 is 4.74 Å². The van der Waals surface area contributed by atoms with E-state index in [-0.39, 0.29) is 23.6 Å². The Morgan fingerprint density at radius 3 is 2.48 bits per heavy atom. The monoisotopic (exact) mass is 305 g/mol. The minimum Gasteiger partial charge on any atom is -0.482 e. The molecule has 23 heavy (non-hydrogen) atoms. The number of nitro groups is 1. The summed E-state index contributed by atoms with van der Waals surface area (Å²) in [6, 6.07) is 17.0. The summed E-state index contributed by atoms with van der Waals surface area (Å²) < 4.78 is 5.50. The number of nitro benzene ring substituents is 1. The van der Waals surface area contributed by atoms with Crippen LogP contribution < -0.4 is 4.74 Å². The molecule has 2 aromatic rings. The molecule has 0 fully saturated rings. The Morgan fingerprint density at radius 1 is 1.17 bits per heavy atom. The number of allylic oxidation sites excluding steroid dienone is 1. The minimum absolute atomic E-state index is 0.128. The van der Waals surface area contributed by atoms with E-state index in [2.05, 4.69) is 0 Å². The van der Waals surface area contributed by atoms with Crippen molar-refractivity contribution in [2.75, 3.05) is 0 Å². The number of nitrogens with zero attached hydrogens (tertiary/aromatic N) is 3. The lowest BCUT2D eigenvalue weighted by Gasteiger charge is -2.07. The van der Waals surface area contributed by atoms with Gasteiger partial charge in [-0.15, -0.1) is 0 Å². The number of nitriles is 2. The Bertz CT molecular complexity index is 814. The van der Waals surface area contributed by atoms with Crippen molar-refractivity contribution in [3.8, 4) is 17.9 Å². The van der Waals surface area contributed by atoms with Crippen molar-refractivity contribution >= 4 is 11.8 Å². The molecule has 0 unspecified atom stereocenters. The van der Waals surface area contributed by atoms with Crippen molar-refractivity contribution in [3.05, 3.63) is 75.3 Å². The van der Waals surface area contributed by atoms with Crippen LogP contribution in [0.4, 0.5) is 5.69 Å². The number of hydrogen-bond acceptors (Lipinski definition) is 5. The highest BCUT2D eigenvalue weighted by Gasteiger charge is 2.16. The average Bonchev–Trinajstić information content (AvgIpc) is 2.59. The van der Waals surface area contributed by atoms with Gasteiger partial charge in [0, 0.05) is 6.07 Å². The van der Waals surface area contributed by atoms with Crippen molar-refractivity contribution in [1.82, 2.24) is 0 Å². The molecule has 6 nitrogen and oxygen atoms in total. The van der Waals surface area contributed by atoms with Gasteiger partial charge in [0.25, 0.3) is 0 Å². The molecule has 0 bridgehead atoms. The highest BCUT2D eigenvalue weighted by molar-refractivity contribution is 5.65. The van der Waals surface area contributed by atoms with Crippen LogP contribution in [0.2, 0.25) is 0 Å². The minimum atomic E-state index is -0.559. The van der Waals surface area contributed by atoms with Crippen molar-refractivity contribution < 1.29 is 9.66 Å². The molecule has 0 N–H and O–H groups in total. The Balaban J connectivity index is 2.27. The first-order valence-corrected chi connectivity index (χ1v) is 6.61. The van der Waals surface area contributed by atoms with Crippen LogP contribution in [0.3, 0.4) is 0 Å². The highest BCUT2D eigenvalue weighted by atomic mass is 16.6. The first kappa shape index (κ1) is 15.7. The summed E-state index contributed by atoms with van der Waals surface area (Å²) in [6.45, 7) is 0.207. The summed E-state index contributed by atoms with van der Waals surface area (Å²) in [5.41, 5.74) is 0.936. The molecular formula is C17H11N3O3. The third-order valence-corrected chi connectivity index (χ3v) is 2.97. The summed E-state index contributed by atoms with van der Waals surface area (Å²) >= 11 is 0. The molecule has 0 aliphatic rings. The molecular weight excluding hydrogens is 294 g/mol. The maximum atomic E-state index is 11.2. The van der Waals surface area contributed by atoms with E-state index in [1.807, 2.05) is 30.3 Å². The second kappa shape index (κ2) is 7.39. The number of ether oxygens (including phenoxy) is 1. The predicted molar refractivity (Wildman–Crippen MR) is 83.1 cm³/mol. The van der Waals surface area contributed by atoms with Crippen LogP contribution >= 0.6 is 0 Å². The fourth-order valence-electron chi connectivity index (χ4n) is 1.88. The Kier molecular flexibility index (Phi) is 5.06. The molecule has 112 valence electrons. The molecule has 0 saturated carbocycles. The maximum Gasteiger partial charge on any atom is 0.311 e. The topological polar surface area (TPSA) is 100.0 Å². The normalized spacial score (nSPS) is 9.30. The van der Waals surface area contributed by atoms with E-state index in [1.54, 1.807) is 18.2 Å². The molecule has 0 saturated heterocycles. The lowest BCUT2D eigenvalue weighted by molar-refractivity contribution is -0.386. The maximum absolute atomic E-state index is 11.2. The van der Waals surface area contributed by atoms with Gasteiger partial charge in [0.05, 0.1) is 4.92 Å². The van der Waals surface area contributed by atoms with Crippen molar-refractivity contribution in [2.24, 2.45) is 0 Å². The van der Waals surface area contributed by atoms with Crippen LogP contribution in [0.25, 0.3) is 6.08 Å². The van der Waals surface area contributed by atoms with Crippen molar-refractivity contribution in [2.45, 2.75) is 6.61 Å². The zero-order chi connectivity index (χ0) is 16.7. The van der Waals surface area contributed by atoms with Crippen molar-refractivity contribution in [1.29, 1.82) is 10.5 Å². The number of hydrogen-bond donors (Lipinski definition) is 0. The largest absolute Gasteiger partial charge is 0.482 e. The van der Waals surface area contributed by atoms with E-state index < -0.39 is 4.92 Å². The van der Waals surface area contributed by atoms with Gasteiger partial charge in [0.15, 0.2) is 5.75 Å². The molecule has 0 atom stereocenters. The van der Waals surface area contributed by atoms with E-state index in [9.17, 15) is 10.1 Å². The number of rotatable bonds is 5. The number of benzene rings is 2. The second-order valence-corrected chi connectivity index (χ2v) is 4.54. The molecule has 0 aromatic heterocycles. The first-order valence-electron chi connectivity index (χ1n) is 6.61. The summed E-state index contributed by atoms with van der Waals surface area (Å²) in [5.74, 6) is 0.131. The fourth-order valence-corrected chi connectivity index (χ4v) is 1.88.